The van der Waals surface area contributed by atoms with Crippen LogP contribution in [0, 0.1) is 6.57 Å². The third-order valence-electron chi connectivity index (χ3n) is 3.99. The summed E-state index contributed by atoms with van der Waals surface area (Å²) in [5, 5.41) is 0. The lowest BCUT2D eigenvalue weighted by molar-refractivity contribution is -0.137. The molecule has 1 aliphatic rings. The predicted molar refractivity (Wildman–Crippen MR) is 67.7 cm³/mol. The van der Waals surface area contributed by atoms with Crippen LogP contribution in [0.15, 0.2) is 24.3 Å². The number of halogens is 3. The summed E-state index contributed by atoms with van der Waals surface area (Å²) in [7, 11) is 0. The van der Waals surface area contributed by atoms with E-state index in [4.69, 9.17) is 6.57 Å². The van der Waals surface area contributed by atoms with Gasteiger partial charge in [0.25, 0.3) is 0 Å². The molecule has 1 aromatic rings. The van der Waals surface area contributed by atoms with E-state index < -0.39 is 11.7 Å². The van der Waals surface area contributed by atoms with Crippen molar-refractivity contribution >= 4 is 0 Å². The van der Waals surface area contributed by atoms with E-state index in [0.717, 1.165) is 38.2 Å². The SMILES string of the molecule is [C-]#[N+]CC1(c2cccc(C(F)(F)F)c2)CCCCC1. The number of hydrogen-bond acceptors (Lipinski definition) is 0. The Bertz CT molecular complexity index is 479. The predicted octanol–water partition coefficient (Wildman–Crippen LogP) is 4.83. The van der Waals surface area contributed by atoms with Crippen molar-refractivity contribution in [1.82, 2.24) is 0 Å². The molecule has 0 unspecified atom stereocenters. The molecule has 1 aromatic carbocycles. The van der Waals surface area contributed by atoms with Crippen LogP contribution in [0.25, 0.3) is 4.85 Å². The van der Waals surface area contributed by atoms with Crippen LogP contribution in [-0.2, 0) is 11.6 Å². The number of alkyl halides is 3. The third-order valence-corrected chi connectivity index (χ3v) is 3.99. The molecule has 19 heavy (non-hydrogen) atoms. The molecule has 0 amide bonds. The maximum absolute atomic E-state index is 12.8. The van der Waals surface area contributed by atoms with E-state index in [2.05, 4.69) is 4.85 Å². The summed E-state index contributed by atoms with van der Waals surface area (Å²) in [4.78, 5) is 3.47. The number of rotatable bonds is 2. The van der Waals surface area contributed by atoms with Crippen LogP contribution >= 0.6 is 0 Å². The van der Waals surface area contributed by atoms with Gasteiger partial charge in [0.2, 0.25) is 6.54 Å². The van der Waals surface area contributed by atoms with Crippen LogP contribution in [0.2, 0.25) is 0 Å². The first-order valence-corrected chi connectivity index (χ1v) is 6.49. The number of nitrogens with zero attached hydrogens (tertiary/aromatic N) is 1. The monoisotopic (exact) mass is 267 g/mol. The first-order valence-electron chi connectivity index (χ1n) is 6.49. The van der Waals surface area contributed by atoms with Gasteiger partial charge in [0.1, 0.15) is 0 Å². The highest BCUT2D eigenvalue weighted by atomic mass is 19.4. The molecule has 0 saturated heterocycles. The molecule has 0 aliphatic heterocycles. The lowest BCUT2D eigenvalue weighted by Crippen LogP contribution is -2.32. The summed E-state index contributed by atoms with van der Waals surface area (Å²) in [5.41, 5.74) is -0.306. The van der Waals surface area contributed by atoms with Crippen molar-refractivity contribution in [2.75, 3.05) is 6.54 Å². The molecule has 4 heteroatoms. The van der Waals surface area contributed by atoms with Crippen molar-refractivity contribution in [3.8, 4) is 0 Å². The van der Waals surface area contributed by atoms with E-state index in [1.165, 1.54) is 12.1 Å². The fourth-order valence-electron chi connectivity index (χ4n) is 2.94. The normalized spacial score (nSPS) is 18.8. The van der Waals surface area contributed by atoms with Crippen LogP contribution in [0.5, 0.6) is 0 Å². The van der Waals surface area contributed by atoms with Crippen LogP contribution in [0.3, 0.4) is 0 Å². The maximum Gasteiger partial charge on any atom is 0.416 e. The second-order valence-corrected chi connectivity index (χ2v) is 5.24. The van der Waals surface area contributed by atoms with E-state index in [1.54, 1.807) is 6.07 Å². The fraction of sp³-hybridized carbons (Fsp3) is 0.533. The Balaban J connectivity index is 2.40. The summed E-state index contributed by atoms with van der Waals surface area (Å²) in [6.07, 6.45) is 0.410. The molecule has 0 radical (unpaired) electrons. The van der Waals surface area contributed by atoms with Crippen molar-refractivity contribution in [2.24, 2.45) is 0 Å². The van der Waals surface area contributed by atoms with Crippen LogP contribution in [0.1, 0.15) is 43.2 Å². The molecule has 0 atom stereocenters. The zero-order valence-corrected chi connectivity index (χ0v) is 10.6. The van der Waals surface area contributed by atoms with Crippen LogP contribution < -0.4 is 0 Å². The van der Waals surface area contributed by atoms with Gasteiger partial charge in [0.05, 0.1) is 11.0 Å². The number of benzene rings is 1. The average molecular weight is 267 g/mol. The topological polar surface area (TPSA) is 4.36 Å². The molecule has 1 nitrogen and oxygen atoms in total. The zero-order chi connectivity index (χ0) is 13.9. The van der Waals surface area contributed by atoms with Gasteiger partial charge in [-0.3, -0.25) is 0 Å². The minimum atomic E-state index is -4.32. The summed E-state index contributed by atoms with van der Waals surface area (Å²) in [6, 6.07) is 5.53. The second kappa shape index (κ2) is 5.24. The van der Waals surface area contributed by atoms with Crippen molar-refractivity contribution in [3.63, 3.8) is 0 Å². The van der Waals surface area contributed by atoms with E-state index in [0.29, 0.717) is 5.56 Å². The molecular weight excluding hydrogens is 251 g/mol. The van der Waals surface area contributed by atoms with Gasteiger partial charge in [0.15, 0.2) is 0 Å². The molecule has 0 aromatic heterocycles. The Morgan fingerprint density at radius 3 is 2.42 bits per heavy atom. The molecule has 0 bridgehead atoms. The second-order valence-electron chi connectivity index (χ2n) is 5.24. The van der Waals surface area contributed by atoms with Gasteiger partial charge in [-0.25, -0.2) is 6.57 Å². The molecule has 0 spiro atoms. The van der Waals surface area contributed by atoms with E-state index in [9.17, 15) is 13.2 Å². The Morgan fingerprint density at radius 1 is 1.16 bits per heavy atom. The summed E-state index contributed by atoms with van der Waals surface area (Å²) >= 11 is 0. The molecule has 0 heterocycles. The van der Waals surface area contributed by atoms with Gasteiger partial charge in [0, 0.05) is 0 Å². The van der Waals surface area contributed by atoms with Crippen molar-refractivity contribution in [1.29, 1.82) is 0 Å². The standard InChI is InChI=1S/C15H16F3N/c1-19-11-14(8-3-2-4-9-14)12-6-5-7-13(10-12)15(16,17)18/h5-7,10H,2-4,8-9,11H2. The molecular formula is C15H16F3N. The lowest BCUT2D eigenvalue weighted by atomic mass is 9.69. The Morgan fingerprint density at radius 2 is 1.84 bits per heavy atom. The van der Waals surface area contributed by atoms with E-state index in [1.807, 2.05) is 0 Å². The number of hydrogen-bond donors (Lipinski definition) is 0. The highest BCUT2D eigenvalue weighted by Crippen LogP contribution is 2.41. The largest absolute Gasteiger partial charge is 0.416 e. The van der Waals surface area contributed by atoms with Gasteiger partial charge < -0.3 is 4.85 Å². The molecule has 1 aliphatic carbocycles. The minimum Gasteiger partial charge on any atom is -0.316 e. The van der Waals surface area contributed by atoms with Crippen LogP contribution in [-0.4, -0.2) is 6.54 Å². The first-order chi connectivity index (χ1) is 8.98. The smallest absolute Gasteiger partial charge is 0.316 e. The molecule has 102 valence electrons. The minimum absolute atomic E-state index is 0.286. The first kappa shape index (κ1) is 13.9. The molecule has 2 rings (SSSR count). The summed E-state index contributed by atoms with van der Waals surface area (Å²) < 4.78 is 38.4. The summed E-state index contributed by atoms with van der Waals surface area (Å²) in [6.45, 7) is 7.38. The van der Waals surface area contributed by atoms with Crippen LogP contribution in [0.4, 0.5) is 13.2 Å². The molecule has 0 N–H and O–H groups in total. The molecule has 1 fully saturated rings. The van der Waals surface area contributed by atoms with Crippen molar-refractivity contribution in [3.05, 3.63) is 46.8 Å². The van der Waals surface area contributed by atoms with Gasteiger partial charge >= 0.3 is 6.18 Å². The van der Waals surface area contributed by atoms with Gasteiger partial charge in [-0.05, 0) is 24.5 Å². The quantitative estimate of drug-likeness (QED) is 0.676. The lowest BCUT2D eigenvalue weighted by Gasteiger charge is -2.33. The maximum atomic E-state index is 12.8. The average Bonchev–Trinajstić information content (AvgIpc) is 2.39. The summed E-state index contributed by atoms with van der Waals surface area (Å²) in [5.74, 6) is 0. The third kappa shape index (κ3) is 2.91. The highest BCUT2D eigenvalue weighted by Gasteiger charge is 2.39. The Hall–Kier alpha value is -1.50. The fourth-order valence-corrected chi connectivity index (χ4v) is 2.94. The Labute approximate surface area is 111 Å². The van der Waals surface area contributed by atoms with E-state index in [-0.39, 0.29) is 12.0 Å². The van der Waals surface area contributed by atoms with Gasteiger partial charge in [-0.1, -0.05) is 37.5 Å². The van der Waals surface area contributed by atoms with Crippen molar-refractivity contribution in [2.45, 2.75) is 43.7 Å². The van der Waals surface area contributed by atoms with Gasteiger partial charge in [-0.15, -0.1) is 0 Å². The zero-order valence-electron chi connectivity index (χ0n) is 10.6. The van der Waals surface area contributed by atoms with E-state index >= 15 is 0 Å². The Kier molecular flexibility index (Phi) is 3.84. The van der Waals surface area contributed by atoms with Crippen molar-refractivity contribution < 1.29 is 13.2 Å². The molecule has 1 saturated carbocycles. The highest BCUT2D eigenvalue weighted by molar-refractivity contribution is 5.33. The van der Waals surface area contributed by atoms with Gasteiger partial charge in [-0.2, -0.15) is 13.2 Å².